The Bertz CT molecular complexity index is 1250. The summed E-state index contributed by atoms with van der Waals surface area (Å²) in [5.74, 6) is -0.225. The summed E-state index contributed by atoms with van der Waals surface area (Å²) in [6.07, 6.45) is 0. The van der Waals surface area contributed by atoms with Gasteiger partial charge >= 0.3 is 0 Å². The van der Waals surface area contributed by atoms with Crippen LogP contribution in [0.25, 0.3) is 16.9 Å². The van der Waals surface area contributed by atoms with Gasteiger partial charge in [-0.1, -0.05) is 65.7 Å². The van der Waals surface area contributed by atoms with Crippen LogP contribution in [0.5, 0.6) is 0 Å². The van der Waals surface area contributed by atoms with Crippen LogP contribution < -0.4 is 5.32 Å². The molecular weight excluding hydrogens is 429 g/mol. The van der Waals surface area contributed by atoms with Crippen molar-refractivity contribution in [1.82, 2.24) is 15.1 Å². The summed E-state index contributed by atoms with van der Waals surface area (Å²) in [6.45, 7) is 4.54. The van der Waals surface area contributed by atoms with Gasteiger partial charge in [-0.2, -0.15) is 5.10 Å². The molecule has 4 aromatic rings. The minimum atomic E-state index is -0.225. The Balaban J connectivity index is 1.74. The van der Waals surface area contributed by atoms with E-state index in [0.29, 0.717) is 33.7 Å². The number of hydrogen-bond donors (Lipinski definition) is 1. The van der Waals surface area contributed by atoms with E-state index < -0.39 is 0 Å². The summed E-state index contributed by atoms with van der Waals surface area (Å²) in [7, 11) is 0. The molecule has 0 bridgehead atoms. The molecule has 1 heterocycles. The first-order valence-electron chi connectivity index (χ1n) is 9.87. The highest BCUT2D eigenvalue weighted by Crippen LogP contribution is 2.28. The van der Waals surface area contributed by atoms with Crippen molar-refractivity contribution in [3.8, 4) is 16.9 Å². The van der Waals surface area contributed by atoms with Crippen molar-refractivity contribution >= 4 is 29.1 Å². The fourth-order valence-electron chi connectivity index (χ4n) is 3.27. The standard InChI is InChI=1S/C25H21Cl2N3O/c1-16-8-9-19(12-17(16)2)23-14-24(25(31)28-15-18-6-4-3-5-7-18)30(29-23)20-10-11-21(26)22(27)13-20/h3-14H,15H2,1-2H3,(H,28,31). The minimum absolute atomic E-state index is 0.225. The van der Waals surface area contributed by atoms with Gasteiger partial charge < -0.3 is 5.32 Å². The maximum atomic E-state index is 13.1. The highest BCUT2D eigenvalue weighted by molar-refractivity contribution is 6.42. The number of aromatic nitrogens is 2. The number of hydrogen-bond acceptors (Lipinski definition) is 2. The number of halogens is 2. The molecule has 0 radical (unpaired) electrons. The molecule has 0 saturated heterocycles. The van der Waals surface area contributed by atoms with Gasteiger partial charge in [-0.3, -0.25) is 4.79 Å². The largest absolute Gasteiger partial charge is 0.347 e. The second-order valence-corrected chi connectivity index (χ2v) is 8.21. The molecule has 31 heavy (non-hydrogen) atoms. The first kappa shape index (κ1) is 21.2. The lowest BCUT2D eigenvalue weighted by atomic mass is 10.0. The highest BCUT2D eigenvalue weighted by atomic mass is 35.5. The Labute approximate surface area is 191 Å². The number of benzene rings is 3. The zero-order valence-electron chi connectivity index (χ0n) is 17.2. The van der Waals surface area contributed by atoms with Crippen molar-refractivity contribution < 1.29 is 4.79 Å². The van der Waals surface area contributed by atoms with Gasteiger partial charge in [0, 0.05) is 12.1 Å². The van der Waals surface area contributed by atoms with Gasteiger partial charge in [0.15, 0.2) is 0 Å². The van der Waals surface area contributed by atoms with E-state index in [4.69, 9.17) is 28.3 Å². The fraction of sp³-hybridized carbons (Fsp3) is 0.120. The van der Waals surface area contributed by atoms with Crippen LogP contribution in [-0.4, -0.2) is 15.7 Å². The third-order valence-corrected chi connectivity index (χ3v) is 5.93. The third kappa shape index (κ3) is 4.66. The summed E-state index contributed by atoms with van der Waals surface area (Å²) >= 11 is 12.3. The molecule has 0 fully saturated rings. The van der Waals surface area contributed by atoms with Crippen LogP contribution in [0.15, 0.2) is 72.8 Å². The highest BCUT2D eigenvalue weighted by Gasteiger charge is 2.18. The molecule has 0 unspecified atom stereocenters. The summed E-state index contributed by atoms with van der Waals surface area (Å²) in [5, 5.41) is 8.55. The van der Waals surface area contributed by atoms with Gasteiger partial charge in [-0.25, -0.2) is 4.68 Å². The first-order chi connectivity index (χ1) is 14.9. The number of carbonyl (C=O) groups excluding carboxylic acids is 1. The van der Waals surface area contributed by atoms with Crippen LogP contribution in [-0.2, 0) is 6.54 Å². The summed E-state index contributed by atoms with van der Waals surface area (Å²) in [5.41, 5.74) is 6.12. The van der Waals surface area contributed by atoms with Crippen molar-refractivity contribution in [3.63, 3.8) is 0 Å². The van der Waals surface area contributed by atoms with Crippen LogP contribution in [0, 0.1) is 13.8 Å². The van der Waals surface area contributed by atoms with Gasteiger partial charge in [-0.15, -0.1) is 0 Å². The maximum absolute atomic E-state index is 13.1. The van der Waals surface area contributed by atoms with Crippen LogP contribution in [0.3, 0.4) is 0 Å². The SMILES string of the molecule is Cc1ccc(-c2cc(C(=O)NCc3ccccc3)n(-c3ccc(Cl)c(Cl)c3)n2)cc1C. The maximum Gasteiger partial charge on any atom is 0.270 e. The van der Waals surface area contributed by atoms with Gasteiger partial charge in [0.2, 0.25) is 0 Å². The molecule has 1 amide bonds. The zero-order valence-corrected chi connectivity index (χ0v) is 18.7. The van der Waals surface area contributed by atoms with Crippen molar-refractivity contribution in [2.45, 2.75) is 20.4 Å². The lowest BCUT2D eigenvalue weighted by Crippen LogP contribution is -2.25. The van der Waals surface area contributed by atoms with E-state index in [-0.39, 0.29) is 5.91 Å². The van der Waals surface area contributed by atoms with Crippen LogP contribution in [0.1, 0.15) is 27.2 Å². The molecular formula is C25H21Cl2N3O. The second kappa shape index (κ2) is 8.96. The Morgan fingerprint density at radius 2 is 1.68 bits per heavy atom. The van der Waals surface area contributed by atoms with E-state index in [0.717, 1.165) is 16.7 Å². The predicted octanol–water partition coefficient (Wildman–Crippen LogP) is 6.39. The van der Waals surface area contributed by atoms with Gasteiger partial charge in [0.05, 0.1) is 21.4 Å². The van der Waals surface area contributed by atoms with E-state index in [1.807, 2.05) is 36.4 Å². The molecule has 0 aliphatic heterocycles. The van der Waals surface area contributed by atoms with Crippen LogP contribution in [0.2, 0.25) is 10.0 Å². The predicted molar refractivity (Wildman–Crippen MR) is 126 cm³/mol. The van der Waals surface area contributed by atoms with E-state index in [1.165, 1.54) is 5.56 Å². The minimum Gasteiger partial charge on any atom is -0.347 e. The number of rotatable bonds is 5. The molecule has 4 rings (SSSR count). The van der Waals surface area contributed by atoms with Gasteiger partial charge in [0.1, 0.15) is 5.69 Å². The molecule has 0 spiro atoms. The Hall–Kier alpha value is -3.08. The number of amides is 1. The van der Waals surface area contributed by atoms with E-state index in [9.17, 15) is 4.79 Å². The summed E-state index contributed by atoms with van der Waals surface area (Å²) in [4.78, 5) is 13.1. The summed E-state index contributed by atoms with van der Waals surface area (Å²) in [6, 6.07) is 22.9. The molecule has 0 aliphatic rings. The molecule has 6 heteroatoms. The molecule has 156 valence electrons. The van der Waals surface area contributed by atoms with Crippen molar-refractivity contribution in [2.75, 3.05) is 0 Å². The van der Waals surface area contributed by atoms with E-state index in [2.05, 4.69) is 31.3 Å². The number of nitrogens with one attached hydrogen (secondary N) is 1. The molecule has 1 N–H and O–H groups in total. The molecule has 0 saturated carbocycles. The number of nitrogens with zero attached hydrogens (tertiary/aromatic N) is 2. The number of aryl methyl sites for hydroxylation is 2. The first-order valence-corrected chi connectivity index (χ1v) is 10.6. The number of carbonyl (C=O) groups is 1. The molecule has 0 aliphatic carbocycles. The van der Waals surface area contributed by atoms with Crippen molar-refractivity contribution in [2.24, 2.45) is 0 Å². The molecule has 0 atom stereocenters. The topological polar surface area (TPSA) is 46.9 Å². The second-order valence-electron chi connectivity index (χ2n) is 7.39. The zero-order chi connectivity index (χ0) is 22.0. The summed E-state index contributed by atoms with van der Waals surface area (Å²) < 4.78 is 1.60. The Morgan fingerprint density at radius 1 is 0.903 bits per heavy atom. The molecule has 3 aromatic carbocycles. The monoisotopic (exact) mass is 449 g/mol. The van der Waals surface area contributed by atoms with E-state index in [1.54, 1.807) is 28.9 Å². The lowest BCUT2D eigenvalue weighted by Gasteiger charge is -2.09. The average Bonchev–Trinajstić information content (AvgIpc) is 3.22. The normalized spacial score (nSPS) is 10.8. The third-order valence-electron chi connectivity index (χ3n) is 5.19. The van der Waals surface area contributed by atoms with E-state index >= 15 is 0 Å². The van der Waals surface area contributed by atoms with Crippen LogP contribution in [0.4, 0.5) is 0 Å². The quantitative estimate of drug-likeness (QED) is 0.383. The lowest BCUT2D eigenvalue weighted by molar-refractivity contribution is 0.0943. The average molecular weight is 450 g/mol. The molecule has 1 aromatic heterocycles. The smallest absolute Gasteiger partial charge is 0.270 e. The fourth-order valence-corrected chi connectivity index (χ4v) is 3.56. The van der Waals surface area contributed by atoms with Crippen molar-refractivity contribution in [3.05, 3.63) is 105 Å². The van der Waals surface area contributed by atoms with Crippen LogP contribution >= 0.6 is 23.2 Å². The Morgan fingerprint density at radius 3 is 2.39 bits per heavy atom. The van der Waals surface area contributed by atoms with Gasteiger partial charge in [0.25, 0.3) is 5.91 Å². The Kier molecular flexibility index (Phi) is 6.12. The molecule has 4 nitrogen and oxygen atoms in total. The van der Waals surface area contributed by atoms with Crippen molar-refractivity contribution in [1.29, 1.82) is 0 Å². The van der Waals surface area contributed by atoms with Gasteiger partial charge in [-0.05, 0) is 60.9 Å².